The molecule has 70 valence electrons. The molecule has 0 radical (unpaired) electrons. The van der Waals surface area contributed by atoms with Gasteiger partial charge in [-0.2, -0.15) is 5.10 Å². The van der Waals surface area contributed by atoms with Crippen molar-refractivity contribution in [2.75, 3.05) is 0 Å². The number of aromatic nitrogens is 3. The van der Waals surface area contributed by atoms with Crippen molar-refractivity contribution in [1.82, 2.24) is 14.8 Å². The summed E-state index contributed by atoms with van der Waals surface area (Å²) in [4.78, 5) is 14.2. The van der Waals surface area contributed by atoms with Gasteiger partial charge in [0.15, 0.2) is 0 Å². The second-order valence-corrected chi connectivity index (χ2v) is 2.83. The Morgan fingerprint density at radius 2 is 2.36 bits per heavy atom. The second kappa shape index (κ2) is 3.83. The van der Waals surface area contributed by atoms with Crippen LogP contribution in [0.3, 0.4) is 0 Å². The minimum Gasteiger partial charge on any atom is -0.301 e. The summed E-state index contributed by atoms with van der Waals surface area (Å²) >= 11 is 0. The molecule has 0 amide bonds. The molecule has 2 aromatic heterocycles. The van der Waals surface area contributed by atoms with Crippen LogP contribution in [0.2, 0.25) is 0 Å². The fourth-order valence-corrected chi connectivity index (χ4v) is 1.21. The first-order chi connectivity index (χ1) is 6.90. The van der Waals surface area contributed by atoms with Crippen molar-refractivity contribution in [2.24, 2.45) is 0 Å². The highest BCUT2D eigenvalue weighted by Gasteiger charge is 2.00. The third kappa shape index (κ3) is 1.69. The zero-order chi connectivity index (χ0) is 9.80. The molecule has 14 heavy (non-hydrogen) atoms. The van der Waals surface area contributed by atoms with E-state index in [0.29, 0.717) is 6.54 Å². The number of pyridine rings is 1. The Bertz CT molecular complexity index is 422. The van der Waals surface area contributed by atoms with Gasteiger partial charge in [0, 0.05) is 24.2 Å². The van der Waals surface area contributed by atoms with Crippen LogP contribution in [-0.2, 0) is 11.3 Å². The number of hydrogen-bond acceptors (Lipinski definition) is 3. The van der Waals surface area contributed by atoms with Gasteiger partial charge in [-0.05, 0) is 18.2 Å². The minimum atomic E-state index is 0.292. The van der Waals surface area contributed by atoms with Gasteiger partial charge in [-0.15, -0.1) is 0 Å². The van der Waals surface area contributed by atoms with Crippen LogP contribution in [0.4, 0.5) is 0 Å². The van der Waals surface area contributed by atoms with Gasteiger partial charge in [0.05, 0.1) is 12.2 Å². The highest BCUT2D eigenvalue weighted by molar-refractivity contribution is 5.57. The monoisotopic (exact) mass is 187 g/mol. The second-order valence-electron chi connectivity index (χ2n) is 2.83. The Morgan fingerprint density at radius 3 is 3.07 bits per heavy atom. The highest BCUT2D eigenvalue weighted by Crippen LogP contribution is 2.14. The Kier molecular flexibility index (Phi) is 2.36. The molecule has 4 heteroatoms. The number of rotatable bonds is 3. The molecule has 0 aliphatic rings. The first-order valence-corrected chi connectivity index (χ1v) is 4.27. The maximum Gasteiger partial charge on any atom is 0.141 e. The SMILES string of the molecule is O=CCn1ccc(-c2cccnc2)n1. The van der Waals surface area contributed by atoms with Gasteiger partial charge in [0.25, 0.3) is 0 Å². The van der Waals surface area contributed by atoms with Crippen molar-refractivity contribution in [3.8, 4) is 11.3 Å². The number of nitrogens with zero attached hydrogens (tertiary/aromatic N) is 3. The zero-order valence-corrected chi connectivity index (χ0v) is 7.50. The topological polar surface area (TPSA) is 47.8 Å². The molecule has 0 bridgehead atoms. The fourth-order valence-electron chi connectivity index (χ4n) is 1.21. The lowest BCUT2D eigenvalue weighted by Crippen LogP contribution is -1.98. The van der Waals surface area contributed by atoms with E-state index in [1.807, 2.05) is 18.2 Å². The molecular weight excluding hydrogens is 178 g/mol. The summed E-state index contributed by atoms with van der Waals surface area (Å²) in [5.74, 6) is 0. The summed E-state index contributed by atoms with van der Waals surface area (Å²) < 4.78 is 1.59. The van der Waals surface area contributed by atoms with E-state index in [9.17, 15) is 4.79 Å². The van der Waals surface area contributed by atoms with Crippen molar-refractivity contribution in [2.45, 2.75) is 6.54 Å². The van der Waals surface area contributed by atoms with Gasteiger partial charge in [-0.3, -0.25) is 9.67 Å². The van der Waals surface area contributed by atoms with E-state index in [1.165, 1.54) is 0 Å². The van der Waals surface area contributed by atoms with Crippen LogP contribution in [0.25, 0.3) is 11.3 Å². The molecule has 4 nitrogen and oxygen atoms in total. The van der Waals surface area contributed by atoms with Crippen LogP contribution in [0, 0.1) is 0 Å². The first-order valence-electron chi connectivity index (χ1n) is 4.27. The van der Waals surface area contributed by atoms with Crippen LogP contribution in [-0.4, -0.2) is 21.1 Å². The van der Waals surface area contributed by atoms with Crippen LogP contribution in [0.15, 0.2) is 36.8 Å². The van der Waals surface area contributed by atoms with E-state index in [2.05, 4.69) is 10.1 Å². The molecule has 0 saturated heterocycles. The van der Waals surface area contributed by atoms with E-state index < -0.39 is 0 Å². The van der Waals surface area contributed by atoms with Crippen LogP contribution in [0.5, 0.6) is 0 Å². The van der Waals surface area contributed by atoms with Gasteiger partial charge in [0.2, 0.25) is 0 Å². The molecule has 2 heterocycles. The summed E-state index contributed by atoms with van der Waals surface area (Å²) in [6.45, 7) is 0.292. The summed E-state index contributed by atoms with van der Waals surface area (Å²) in [5, 5.41) is 4.22. The smallest absolute Gasteiger partial charge is 0.141 e. The lowest BCUT2D eigenvalue weighted by molar-refractivity contribution is -0.108. The molecule has 0 aromatic carbocycles. The molecule has 2 aromatic rings. The van der Waals surface area contributed by atoms with Crippen molar-refractivity contribution < 1.29 is 4.79 Å². The average molecular weight is 187 g/mol. The number of aldehydes is 1. The highest BCUT2D eigenvalue weighted by atomic mass is 16.1. The maximum atomic E-state index is 10.2. The normalized spacial score (nSPS) is 10.0. The van der Waals surface area contributed by atoms with Gasteiger partial charge in [-0.1, -0.05) is 0 Å². The Balaban J connectivity index is 2.29. The lowest BCUT2D eigenvalue weighted by Gasteiger charge is -1.94. The van der Waals surface area contributed by atoms with E-state index in [-0.39, 0.29) is 0 Å². The van der Waals surface area contributed by atoms with Gasteiger partial charge in [-0.25, -0.2) is 0 Å². The van der Waals surface area contributed by atoms with Gasteiger partial charge < -0.3 is 4.79 Å². The molecule has 0 aliphatic heterocycles. The van der Waals surface area contributed by atoms with E-state index in [4.69, 9.17) is 0 Å². The average Bonchev–Trinajstić information content (AvgIpc) is 2.68. The third-order valence-corrected chi connectivity index (χ3v) is 1.86. The molecule has 0 fully saturated rings. The van der Waals surface area contributed by atoms with Crippen LogP contribution >= 0.6 is 0 Å². The zero-order valence-electron chi connectivity index (χ0n) is 7.50. The van der Waals surface area contributed by atoms with Crippen molar-refractivity contribution >= 4 is 6.29 Å². The molecule has 0 unspecified atom stereocenters. The van der Waals surface area contributed by atoms with E-state index in [0.717, 1.165) is 17.5 Å². The molecular formula is C10H9N3O. The molecule has 0 spiro atoms. The summed E-state index contributed by atoms with van der Waals surface area (Å²) in [6, 6.07) is 5.65. The summed E-state index contributed by atoms with van der Waals surface area (Å²) in [5.41, 5.74) is 1.79. The molecule has 0 saturated carbocycles. The minimum absolute atomic E-state index is 0.292. The molecule has 0 aliphatic carbocycles. The summed E-state index contributed by atoms with van der Waals surface area (Å²) in [6.07, 6.45) is 6.05. The number of hydrogen-bond donors (Lipinski definition) is 0. The van der Waals surface area contributed by atoms with Crippen LogP contribution < -0.4 is 0 Å². The largest absolute Gasteiger partial charge is 0.301 e. The number of carbonyl (C=O) groups is 1. The van der Waals surface area contributed by atoms with Crippen molar-refractivity contribution in [1.29, 1.82) is 0 Å². The van der Waals surface area contributed by atoms with Crippen LogP contribution in [0.1, 0.15) is 0 Å². The van der Waals surface area contributed by atoms with E-state index in [1.54, 1.807) is 23.3 Å². The Morgan fingerprint density at radius 1 is 1.43 bits per heavy atom. The van der Waals surface area contributed by atoms with Gasteiger partial charge in [0.1, 0.15) is 6.29 Å². The number of carbonyl (C=O) groups excluding carboxylic acids is 1. The first kappa shape index (κ1) is 8.62. The molecule has 0 N–H and O–H groups in total. The quantitative estimate of drug-likeness (QED) is 0.677. The maximum absolute atomic E-state index is 10.2. The standard InChI is InChI=1S/C10H9N3O/c14-7-6-13-5-3-10(12-13)9-2-1-4-11-8-9/h1-5,7-8H,6H2. The fraction of sp³-hybridized carbons (Fsp3) is 0.100. The Labute approximate surface area is 81.2 Å². The van der Waals surface area contributed by atoms with E-state index >= 15 is 0 Å². The Hall–Kier alpha value is -1.97. The van der Waals surface area contributed by atoms with Crippen molar-refractivity contribution in [3.63, 3.8) is 0 Å². The lowest BCUT2D eigenvalue weighted by atomic mass is 10.2. The van der Waals surface area contributed by atoms with Gasteiger partial charge >= 0.3 is 0 Å². The predicted octanol–water partition coefficient (Wildman–Crippen LogP) is 1.14. The van der Waals surface area contributed by atoms with Crippen molar-refractivity contribution in [3.05, 3.63) is 36.8 Å². The molecule has 0 atom stereocenters. The summed E-state index contributed by atoms with van der Waals surface area (Å²) in [7, 11) is 0. The third-order valence-electron chi connectivity index (χ3n) is 1.86. The molecule has 2 rings (SSSR count). The predicted molar refractivity (Wildman–Crippen MR) is 51.5 cm³/mol.